The van der Waals surface area contributed by atoms with Crippen molar-refractivity contribution in [2.45, 2.75) is 88.7 Å². The number of halogens is 4. The van der Waals surface area contributed by atoms with Gasteiger partial charge >= 0.3 is 5.97 Å². The fourth-order valence-electron chi connectivity index (χ4n) is 7.68. The van der Waals surface area contributed by atoms with E-state index in [1.165, 1.54) is 6.08 Å². The summed E-state index contributed by atoms with van der Waals surface area (Å²) in [5.41, 5.74) is -1.76. The first kappa shape index (κ1) is 24.2. The molecule has 178 valence electrons. The molecule has 3 nitrogen and oxygen atoms in total. The minimum absolute atomic E-state index is 0.00896. The third-order valence-electron chi connectivity index (χ3n) is 8.90. The quantitative estimate of drug-likeness (QED) is 0.336. The molecule has 0 aromatic carbocycles. The first-order chi connectivity index (χ1) is 15.0. The molecule has 0 bridgehead atoms. The molecule has 4 aliphatic carbocycles. The number of ketones is 1. The van der Waals surface area contributed by atoms with Gasteiger partial charge < -0.3 is 4.74 Å². The highest BCUT2D eigenvalue weighted by Gasteiger charge is 2.73. The third-order valence-corrected chi connectivity index (χ3v) is 10.4. The van der Waals surface area contributed by atoms with E-state index in [1.54, 1.807) is 19.9 Å². The summed E-state index contributed by atoms with van der Waals surface area (Å²) < 4.78 is 36.5. The Morgan fingerprint density at radius 3 is 2.59 bits per heavy atom. The van der Waals surface area contributed by atoms with Crippen LogP contribution < -0.4 is 0 Å². The fraction of sp³-hybridized carbons (Fsp3) is 0.760. The van der Waals surface area contributed by atoms with E-state index in [2.05, 4.69) is 13.8 Å². The lowest BCUT2D eigenvalue weighted by Gasteiger charge is -2.64. The van der Waals surface area contributed by atoms with Crippen molar-refractivity contribution in [3.05, 3.63) is 23.6 Å². The minimum atomic E-state index is -1.61. The number of rotatable bonds is 4. The number of hydrogen-bond donors (Lipinski definition) is 0. The Labute approximate surface area is 198 Å². The Balaban J connectivity index is 1.84. The summed E-state index contributed by atoms with van der Waals surface area (Å²) in [4.78, 5) is 23.2. The van der Waals surface area contributed by atoms with Crippen LogP contribution in [0.4, 0.5) is 8.78 Å². The van der Waals surface area contributed by atoms with Crippen LogP contribution in [0.25, 0.3) is 0 Å². The highest BCUT2D eigenvalue weighted by molar-refractivity contribution is 6.34. The molecule has 9 atom stereocenters. The summed E-state index contributed by atoms with van der Waals surface area (Å²) in [6.07, 6.45) is 4.05. The van der Waals surface area contributed by atoms with Crippen LogP contribution in [0.2, 0.25) is 0 Å². The van der Waals surface area contributed by atoms with Gasteiger partial charge in [-0.1, -0.05) is 40.2 Å². The van der Waals surface area contributed by atoms with Crippen molar-refractivity contribution in [2.24, 2.45) is 28.6 Å². The van der Waals surface area contributed by atoms with Crippen LogP contribution >= 0.6 is 23.2 Å². The number of fused-ring (bicyclic) bond motifs is 5. The van der Waals surface area contributed by atoms with Gasteiger partial charge in [0.1, 0.15) is 12.3 Å². The summed E-state index contributed by atoms with van der Waals surface area (Å²) in [5.74, 6) is -2.36. The smallest absolute Gasteiger partial charge is 0.305 e. The van der Waals surface area contributed by atoms with Gasteiger partial charge in [-0.25, -0.2) is 8.78 Å². The molecule has 0 spiro atoms. The van der Waals surface area contributed by atoms with Crippen molar-refractivity contribution in [3.8, 4) is 0 Å². The maximum atomic E-state index is 15.6. The molecule has 0 amide bonds. The molecule has 7 heteroatoms. The average Bonchev–Trinajstić information content (AvgIpc) is 2.99. The second-order valence-corrected chi connectivity index (χ2v) is 11.6. The number of carbonyl (C=O) groups is 2. The van der Waals surface area contributed by atoms with Crippen molar-refractivity contribution in [1.29, 1.82) is 0 Å². The zero-order valence-corrected chi connectivity index (χ0v) is 20.6. The lowest BCUT2D eigenvalue weighted by molar-refractivity contribution is -0.163. The fourth-order valence-corrected chi connectivity index (χ4v) is 8.84. The van der Waals surface area contributed by atoms with Crippen molar-refractivity contribution < 1.29 is 23.1 Å². The van der Waals surface area contributed by atoms with Crippen molar-refractivity contribution in [2.75, 3.05) is 0 Å². The second-order valence-electron chi connectivity index (χ2n) is 10.4. The van der Waals surface area contributed by atoms with Crippen LogP contribution in [0.1, 0.15) is 66.2 Å². The maximum absolute atomic E-state index is 15.6. The van der Waals surface area contributed by atoms with E-state index in [1.807, 2.05) is 0 Å². The van der Waals surface area contributed by atoms with E-state index in [0.717, 1.165) is 19.3 Å². The van der Waals surface area contributed by atoms with Gasteiger partial charge in [0.2, 0.25) is 5.78 Å². The van der Waals surface area contributed by atoms with Gasteiger partial charge in [-0.15, -0.1) is 23.2 Å². The van der Waals surface area contributed by atoms with Gasteiger partial charge in [0.05, 0.1) is 10.3 Å². The van der Waals surface area contributed by atoms with Crippen LogP contribution in [0.15, 0.2) is 23.6 Å². The summed E-state index contributed by atoms with van der Waals surface area (Å²) in [7, 11) is 0. The standard InChI is InChI=1S/C25H32Cl2F2O3/c1-5-8-24-12-18(26)25(27)15(14(24)10-13(3)22(24)32-19(31)6-2)11-16(28)20-21(29)17(30)7-9-23(20,25)4/h7,9,13-16,18,22H,5-6,8,10-12H2,1-4H3/t13-,14+,15+,16+,18+,22-,23+,24+,25+/m1/s1. The van der Waals surface area contributed by atoms with E-state index >= 15 is 4.39 Å². The number of alkyl halides is 3. The van der Waals surface area contributed by atoms with E-state index in [0.29, 0.717) is 12.8 Å². The summed E-state index contributed by atoms with van der Waals surface area (Å²) in [6, 6.07) is 0. The number of esters is 1. The van der Waals surface area contributed by atoms with Crippen LogP contribution in [-0.4, -0.2) is 34.3 Å². The Morgan fingerprint density at radius 1 is 1.28 bits per heavy atom. The predicted octanol–water partition coefficient (Wildman–Crippen LogP) is 6.47. The lowest BCUT2D eigenvalue weighted by atomic mass is 9.46. The SMILES string of the molecule is CCC[C@]12C[C@H](Cl)[C@@]3(Cl)[C@@H](C[C@H](F)C4=C(F)C(=O)C=C[C@@]43C)[C@@H]1C[C@@H](C)[C@H]2OC(=O)CC. The Hall–Kier alpha value is -0.940. The first-order valence-corrected chi connectivity index (χ1v) is 12.6. The summed E-state index contributed by atoms with van der Waals surface area (Å²) in [6.45, 7) is 7.65. The van der Waals surface area contributed by atoms with E-state index < -0.39 is 38.9 Å². The van der Waals surface area contributed by atoms with Crippen LogP contribution in [-0.2, 0) is 14.3 Å². The molecule has 0 radical (unpaired) electrons. The highest BCUT2D eigenvalue weighted by Crippen LogP contribution is 2.72. The first-order valence-electron chi connectivity index (χ1n) is 11.8. The van der Waals surface area contributed by atoms with E-state index in [-0.39, 0.29) is 41.8 Å². The lowest BCUT2D eigenvalue weighted by Crippen LogP contribution is -2.67. The van der Waals surface area contributed by atoms with Gasteiger partial charge in [0, 0.05) is 22.8 Å². The zero-order valence-electron chi connectivity index (χ0n) is 19.1. The molecule has 0 aromatic rings. The third kappa shape index (κ3) is 3.02. The van der Waals surface area contributed by atoms with Gasteiger partial charge in [-0.2, -0.15) is 0 Å². The monoisotopic (exact) mass is 488 g/mol. The molecular weight excluding hydrogens is 457 g/mol. The molecule has 3 saturated carbocycles. The van der Waals surface area contributed by atoms with Crippen LogP contribution in [0, 0.1) is 28.6 Å². The van der Waals surface area contributed by atoms with Gasteiger partial charge in [-0.05, 0) is 49.5 Å². The number of carbonyl (C=O) groups excluding carboxylic acids is 2. The molecule has 0 heterocycles. The van der Waals surface area contributed by atoms with E-state index in [4.69, 9.17) is 27.9 Å². The molecule has 0 unspecified atom stereocenters. The minimum Gasteiger partial charge on any atom is -0.461 e. The molecular formula is C25H32Cl2F2O3. The summed E-state index contributed by atoms with van der Waals surface area (Å²) in [5, 5.41) is -0.608. The van der Waals surface area contributed by atoms with Gasteiger partial charge in [0.15, 0.2) is 5.83 Å². The number of ether oxygens (including phenoxy) is 1. The molecule has 0 saturated heterocycles. The Morgan fingerprint density at radius 2 is 1.97 bits per heavy atom. The van der Waals surface area contributed by atoms with Crippen molar-refractivity contribution >= 4 is 35.0 Å². The maximum Gasteiger partial charge on any atom is 0.305 e. The molecule has 0 aliphatic heterocycles. The predicted molar refractivity (Wildman–Crippen MR) is 121 cm³/mol. The molecule has 3 fully saturated rings. The molecule has 4 aliphatic rings. The Bertz CT molecular complexity index is 888. The molecule has 0 aromatic heterocycles. The highest BCUT2D eigenvalue weighted by atomic mass is 35.5. The molecule has 4 rings (SSSR count). The molecule has 32 heavy (non-hydrogen) atoms. The topological polar surface area (TPSA) is 43.4 Å². The molecule has 0 N–H and O–H groups in total. The van der Waals surface area contributed by atoms with Crippen LogP contribution in [0.5, 0.6) is 0 Å². The summed E-state index contributed by atoms with van der Waals surface area (Å²) >= 11 is 14.5. The van der Waals surface area contributed by atoms with Crippen LogP contribution in [0.3, 0.4) is 0 Å². The normalized spacial score (nSPS) is 47.7. The zero-order chi connectivity index (χ0) is 23.6. The second kappa shape index (κ2) is 8.08. The number of hydrogen-bond acceptors (Lipinski definition) is 3. The van der Waals surface area contributed by atoms with E-state index in [9.17, 15) is 14.0 Å². The Kier molecular flexibility index (Phi) is 6.11. The van der Waals surface area contributed by atoms with Gasteiger partial charge in [0.25, 0.3) is 0 Å². The largest absolute Gasteiger partial charge is 0.461 e. The van der Waals surface area contributed by atoms with Gasteiger partial charge in [-0.3, -0.25) is 9.59 Å². The van der Waals surface area contributed by atoms with Crippen molar-refractivity contribution in [3.63, 3.8) is 0 Å². The average molecular weight is 489 g/mol. The van der Waals surface area contributed by atoms with Crippen molar-refractivity contribution in [1.82, 2.24) is 0 Å². The number of allylic oxidation sites excluding steroid dienone is 4.